The second-order valence-corrected chi connectivity index (χ2v) is 6.82. The third kappa shape index (κ3) is 3.64. The summed E-state index contributed by atoms with van der Waals surface area (Å²) in [6.07, 6.45) is 2.52. The Labute approximate surface area is 137 Å². The van der Waals surface area contributed by atoms with E-state index in [1.165, 1.54) is 5.57 Å². The quantitative estimate of drug-likeness (QED) is 0.660. The molecular formula is C19H24O4. The number of hydrogen-bond acceptors (Lipinski definition) is 3. The first-order valence-electron chi connectivity index (χ1n) is 7.70. The standard InChI is InChI=1S/C19H24O4/c1-11(2)6-7-13-8-14(12(3)18(21)22)9-15-10-16(20)19(4,5)23-17(13)15/h6,8-9,16,20H,3,7,10H2,1-2,4-5H3,(H,21,22). The fraction of sp³-hybridized carbons (Fsp3) is 0.421. The number of aliphatic carboxylic acids is 1. The Bertz CT molecular complexity index is 679. The fourth-order valence-electron chi connectivity index (χ4n) is 2.59. The SMILES string of the molecule is C=C(C(=O)O)c1cc(CC=C(C)C)c2c(c1)CC(O)C(C)(C)O2. The lowest BCUT2D eigenvalue weighted by Gasteiger charge is -2.38. The van der Waals surface area contributed by atoms with Gasteiger partial charge < -0.3 is 14.9 Å². The smallest absolute Gasteiger partial charge is 0.335 e. The summed E-state index contributed by atoms with van der Waals surface area (Å²) < 4.78 is 6.03. The minimum atomic E-state index is -1.05. The van der Waals surface area contributed by atoms with Crippen LogP contribution in [0.2, 0.25) is 0 Å². The van der Waals surface area contributed by atoms with Crippen LogP contribution in [0.4, 0.5) is 0 Å². The molecule has 0 fully saturated rings. The molecule has 1 unspecified atom stereocenters. The van der Waals surface area contributed by atoms with E-state index in [0.717, 1.165) is 16.9 Å². The van der Waals surface area contributed by atoms with Crippen molar-refractivity contribution in [2.75, 3.05) is 0 Å². The van der Waals surface area contributed by atoms with E-state index in [9.17, 15) is 15.0 Å². The Morgan fingerprint density at radius 3 is 2.65 bits per heavy atom. The first-order chi connectivity index (χ1) is 10.6. The van der Waals surface area contributed by atoms with E-state index in [0.29, 0.717) is 18.4 Å². The molecule has 1 aliphatic rings. The molecule has 0 spiro atoms. The highest BCUT2D eigenvalue weighted by atomic mass is 16.5. The molecule has 1 heterocycles. The van der Waals surface area contributed by atoms with Gasteiger partial charge in [-0.25, -0.2) is 4.79 Å². The van der Waals surface area contributed by atoms with E-state index in [-0.39, 0.29) is 5.57 Å². The number of hydrogen-bond donors (Lipinski definition) is 2. The zero-order chi connectivity index (χ0) is 17.4. The van der Waals surface area contributed by atoms with Crippen LogP contribution in [0, 0.1) is 0 Å². The van der Waals surface area contributed by atoms with Crippen molar-refractivity contribution in [1.29, 1.82) is 0 Å². The highest BCUT2D eigenvalue weighted by Gasteiger charge is 2.37. The van der Waals surface area contributed by atoms with Gasteiger partial charge in [0.25, 0.3) is 0 Å². The molecule has 2 N–H and O–H groups in total. The van der Waals surface area contributed by atoms with Crippen molar-refractivity contribution < 1.29 is 19.7 Å². The molecule has 1 aromatic carbocycles. The molecule has 124 valence electrons. The van der Waals surface area contributed by atoms with Gasteiger partial charge in [0.05, 0.1) is 11.7 Å². The monoisotopic (exact) mass is 316 g/mol. The number of ether oxygens (including phenoxy) is 1. The van der Waals surface area contributed by atoms with Crippen molar-refractivity contribution in [3.8, 4) is 5.75 Å². The van der Waals surface area contributed by atoms with E-state index in [1.807, 2.05) is 33.8 Å². The van der Waals surface area contributed by atoms with E-state index >= 15 is 0 Å². The van der Waals surface area contributed by atoms with Crippen molar-refractivity contribution in [1.82, 2.24) is 0 Å². The third-order valence-corrected chi connectivity index (χ3v) is 4.16. The number of carboxylic acids is 1. The average molecular weight is 316 g/mol. The van der Waals surface area contributed by atoms with Crippen LogP contribution in [-0.4, -0.2) is 27.9 Å². The second kappa shape index (κ2) is 6.20. The average Bonchev–Trinajstić information content (AvgIpc) is 2.44. The fourth-order valence-corrected chi connectivity index (χ4v) is 2.59. The normalized spacial score (nSPS) is 18.6. The Hall–Kier alpha value is -2.07. The summed E-state index contributed by atoms with van der Waals surface area (Å²) in [6.45, 7) is 11.4. The first-order valence-corrected chi connectivity index (χ1v) is 7.70. The summed E-state index contributed by atoms with van der Waals surface area (Å²) in [5, 5.41) is 19.4. The zero-order valence-corrected chi connectivity index (χ0v) is 14.1. The number of benzene rings is 1. The van der Waals surface area contributed by atoms with Crippen molar-refractivity contribution in [2.45, 2.75) is 52.2 Å². The van der Waals surface area contributed by atoms with Crippen molar-refractivity contribution >= 4 is 11.5 Å². The lowest BCUT2D eigenvalue weighted by Crippen LogP contribution is -2.46. The van der Waals surface area contributed by atoms with Gasteiger partial charge in [-0.15, -0.1) is 0 Å². The summed E-state index contributed by atoms with van der Waals surface area (Å²) in [6, 6.07) is 3.58. The molecule has 0 bridgehead atoms. The molecule has 23 heavy (non-hydrogen) atoms. The Kier molecular flexibility index (Phi) is 4.66. The van der Waals surface area contributed by atoms with E-state index in [2.05, 4.69) is 12.7 Å². The maximum atomic E-state index is 11.2. The molecular weight excluding hydrogens is 292 g/mol. The highest BCUT2D eigenvalue weighted by molar-refractivity contribution is 6.14. The van der Waals surface area contributed by atoms with Gasteiger partial charge in [0.2, 0.25) is 0 Å². The molecule has 0 aromatic heterocycles. The predicted octanol–water partition coefficient (Wildman–Crippen LogP) is 3.37. The van der Waals surface area contributed by atoms with Gasteiger partial charge >= 0.3 is 5.97 Å². The van der Waals surface area contributed by atoms with Crippen LogP contribution in [-0.2, 0) is 17.6 Å². The molecule has 0 saturated heterocycles. The molecule has 0 amide bonds. The molecule has 1 atom stereocenters. The van der Waals surface area contributed by atoms with Crippen LogP contribution in [0.5, 0.6) is 5.75 Å². The molecule has 0 saturated carbocycles. The van der Waals surface area contributed by atoms with Gasteiger partial charge in [-0.05, 0) is 62.9 Å². The zero-order valence-electron chi connectivity index (χ0n) is 14.1. The predicted molar refractivity (Wildman–Crippen MR) is 90.7 cm³/mol. The summed E-state index contributed by atoms with van der Waals surface area (Å²) in [5.74, 6) is -0.296. The lowest BCUT2D eigenvalue weighted by atomic mass is 9.87. The van der Waals surface area contributed by atoms with E-state index < -0.39 is 17.7 Å². The lowest BCUT2D eigenvalue weighted by molar-refractivity contribution is -0.130. The summed E-state index contributed by atoms with van der Waals surface area (Å²) >= 11 is 0. The van der Waals surface area contributed by atoms with Gasteiger partial charge in [0, 0.05) is 6.42 Å². The minimum absolute atomic E-state index is 0.0468. The maximum absolute atomic E-state index is 11.2. The number of fused-ring (bicyclic) bond motifs is 1. The van der Waals surface area contributed by atoms with E-state index in [1.54, 1.807) is 6.07 Å². The number of rotatable bonds is 4. The van der Waals surface area contributed by atoms with Crippen LogP contribution in [0.15, 0.2) is 30.4 Å². The molecule has 0 radical (unpaired) electrons. The minimum Gasteiger partial charge on any atom is -0.485 e. The van der Waals surface area contributed by atoms with Gasteiger partial charge in [0.15, 0.2) is 0 Å². The molecule has 0 aliphatic carbocycles. The largest absolute Gasteiger partial charge is 0.485 e. The molecule has 2 rings (SSSR count). The number of carboxylic acid groups (broad SMARTS) is 1. The summed E-state index contributed by atoms with van der Waals surface area (Å²) in [4.78, 5) is 11.2. The third-order valence-electron chi connectivity index (χ3n) is 4.16. The molecule has 1 aromatic rings. The molecule has 1 aliphatic heterocycles. The number of carbonyl (C=O) groups is 1. The Balaban J connectivity index is 2.56. The number of aliphatic hydroxyl groups is 1. The van der Waals surface area contributed by atoms with Gasteiger partial charge in [-0.3, -0.25) is 0 Å². The van der Waals surface area contributed by atoms with Crippen molar-refractivity contribution in [2.24, 2.45) is 0 Å². The van der Waals surface area contributed by atoms with Crippen LogP contribution in [0.1, 0.15) is 44.4 Å². The van der Waals surface area contributed by atoms with Gasteiger partial charge in [-0.1, -0.05) is 18.2 Å². The first kappa shape index (κ1) is 17.3. The Morgan fingerprint density at radius 1 is 1.43 bits per heavy atom. The van der Waals surface area contributed by atoms with Crippen molar-refractivity contribution in [3.05, 3.63) is 47.1 Å². The van der Waals surface area contributed by atoms with Crippen molar-refractivity contribution in [3.63, 3.8) is 0 Å². The summed E-state index contributed by atoms with van der Waals surface area (Å²) in [7, 11) is 0. The van der Waals surface area contributed by atoms with Gasteiger partial charge in [0.1, 0.15) is 11.4 Å². The van der Waals surface area contributed by atoms with Crippen LogP contribution in [0.25, 0.3) is 5.57 Å². The second-order valence-electron chi connectivity index (χ2n) is 6.82. The van der Waals surface area contributed by atoms with Crippen LogP contribution >= 0.6 is 0 Å². The summed E-state index contributed by atoms with van der Waals surface area (Å²) in [5.41, 5.74) is 2.86. The van der Waals surface area contributed by atoms with Crippen LogP contribution in [0.3, 0.4) is 0 Å². The Morgan fingerprint density at radius 2 is 2.09 bits per heavy atom. The number of aliphatic hydroxyl groups excluding tert-OH is 1. The van der Waals surface area contributed by atoms with E-state index in [4.69, 9.17) is 4.74 Å². The van der Waals surface area contributed by atoms with Crippen LogP contribution < -0.4 is 4.74 Å². The number of allylic oxidation sites excluding steroid dienone is 2. The van der Waals surface area contributed by atoms with Gasteiger partial charge in [-0.2, -0.15) is 0 Å². The molecule has 4 nitrogen and oxygen atoms in total. The highest BCUT2D eigenvalue weighted by Crippen LogP contribution is 2.38. The topological polar surface area (TPSA) is 66.8 Å². The molecule has 4 heteroatoms. The maximum Gasteiger partial charge on any atom is 0.335 e.